The van der Waals surface area contributed by atoms with E-state index in [1.807, 2.05) is 0 Å². The maximum absolute atomic E-state index is 12.8. The molecule has 0 spiro atoms. The Balaban J connectivity index is 2.10. The minimum Gasteiger partial charge on any atom is -0.481 e. The molecule has 0 aliphatic rings. The normalized spacial score (nSPS) is 11.5. The Labute approximate surface area is 119 Å². The Morgan fingerprint density at radius 1 is 1.29 bits per heavy atom. The van der Waals surface area contributed by atoms with Gasteiger partial charge in [-0.05, 0) is 24.3 Å². The fourth-order valence-corrected chi connectivity index (χ4v) is 2.73. The monoisotopic (exact) mass is 314 g/mol. The van der Waals surface area contributed by atoms with Crippen LogP contribution >= 0.6 is 0 Å². The van der Waals surface area contributed by atoms with Crippen molar-refractivity contribution >= 4 is 15.8 Å². The van der Waals surface area contributed by atoms with E-state index in [0.29, 0.717) is 0 Å². The van der Waals surface area contributed by atoms with Crippen LogP contribution in [0.1, 0.15) is 18.1 Å². The van der Waals surface area contributed by atoms with Gasteiger partial charge in [0.05, 0.1) is 11.3 Å². The van der Waals surface area contributed by atoms with E-state index in [4.69, 9.17) is 9.63 Å². The molecule has 0 atom stereocenters. The first kappa shape index (κ1) is 15.1. The zero-order chi connectivity index (χ0) is 15.5. The summed E-state index contributed by atoms with van der Waals surface area (Å²) in [5.74, 6) is -2.07. The molecule has 2 aromatic rings. The summed E-state index contributed by atoms with van der Waals surface area (Å²) in [6.07, 6.45) is -0.161. The molecule has 9 heteroatoms. The van der Waals surface area contributed by atoms with Gasteiger partial charge in [-0.1, -0.05) is 5.16 Å². The second-order valence-electron chi connectivity index (χ2n) is 4.21. The zero-order valence-electron chi connectivity index (χ0n) is 10.7. The van der Waals surface area contributed by atoms with Gasteiger partial charge < -0.3 is 9.63 Å². The van der Waals surface area contributed by atoms with E-state index in [0.717, 1.165) is 24.3 Å². The lowest BCUT2D eigenvalue weighted by Crippen LogP contribution is -2.06. The first-order valence-electron chi connectivity index (χ1n) is 5.88. The number of carbonyl (C=O) groups is 1. The maximum Gasteiger partial charge on any atom is 0.303 e. The molecule has 1 aromatic heterocycles. The van der Waals surface area contributed by atoms with Crippen LogP contribution in [0.2, 0.25) is 0 Å². The van der Waals surface area contributed by atoms with Crippen molar-refractivity contribution in [2.75, 3.05) is 0 Å². The molecular formula is C12H11FN2O5S. The number of aliphatic carboxylic acids is 1. The van der Waals surface area contributed by atoms with E-state index in [1.165, 1.54) is 0 Å². The molecule has 1 N–H and O–H groups in total. The van der Waals surface area contributed by atoms with Gasteiger partial charge in [-0.25, -0.2) is 12.8 Å². The van der Waals surface area contributed by atoms with E-state index in [9.17, 15) is 17.6 Å². The highest BCUT2D eigenvalue weighted by Gasteiger charge is 2.19. The predicted octanol–water partition coefficient (Wildman–Crippen LogP) is 1.20. The van der Waals surface area contributed by atoms with Crippen LogP contribution in [0.5, 0.6) is 0 Å². The quantitative estimate of drug-likeness (QED) is 0.797. The largest absolute Gasteiger partial charge is 0.481 e. The lowest BCUT2D eigenvalue weighted by atomic mass is 10.3. The number of sulfone groups is 1. The van der Waals surface area contributed by atoms with Crippen molar-refractivity contribution < 1.29 is 27.2 Å². The van der Waals surface area contributed by atoms with Gasteiger partial charge in [0, 0.05) is 6.42 Å². The molecule has 0 radical (unpaired) electrons. The number of hydrogen-bond donors (Lipinski definition) is 1. The summed E-state index contributed by atoms with van der Waals surface area (Å²) < 4.78 is 41.6. The lowest BCUT2D eigenvalue weighted by Gasteiger charge is -2.00. The number of carboxylic acids is 1. The molecule has 0 fully saturated rings. The van der Waals surface area contributed by atoms with Gasteiger partial charge >= 0.3 is 5.97 Å². The van der Waals surface area contributed by atoms with Crippen LogP contribution in [0.3, 0.4) is 0 Å². The Morgan fingerprint density at radius 3 is 2.57 bits per heavy atom. The third-order valence-electron chi connectivity index (χ3n) is 2.55. The summed E-state index contributed by atoms with van der Waals surface area (Å²) in [4.78, 5) is 14.2. The molecule has 0 saturated carbocycles. The second-order valence-corrected chi connectivity index (χ2v) is 6.20. The van der Waals surface area contributed by atoms with Crippen LogP contribution in [-0.4, -0.2) is 29.6 Å². The van der Waals surface area contributed by atoms with Gasteiger partial charge in [-0.2, -0.15) is 4.98 Å². The SMILES string of the molecule is O=C(O)CCc1nc(CS(=O)(=O)c2ccc(F)cc2)no1. The van der Waals surface area contributed by atoms with Gasteiger partial charge in [0.15, 0.2) is 15.7 Å². The van der Waals surface area contributed by atoms with Gasteiger partial charge in [-0.3, -0.25) is 4.79 Å². The van der Waals surface area contributed by atoms with E-state index < -0.39 is 27.4 Å². The standard InChI is InChI=1S/C12H11FN2O5S/c13-8-1-3-9(4-2-8)21(18,19)7-10-14-11(20-15-10)5-6-12(16)17/h1-4H,5-7H2,(H,16,17). The highest BCUT2D eigenvalue weighted by atomic mass is 32.2. The fourth-order valence-electron chi connectivity index (χ4n) is 1.56. The number of aromatic nitrogens is 2. The average molecular weight is 314 g/mol. The number of benzene rings is 1. The molecule has 0 aliphatic carbocycles. The van der Waals surface area contributed by atoms with E-state index in [2.05, 4.69) is 10.1 Å². The molecule has 2 rings (SSSR count). The second kappa shape index (κ2) is 6.00. The fraction of sp³-hybridized carbons (Fsp3) is 0.250. The molecular weight excluding hydrogens is 303 g/mol. The smallest absolute Gasteiger partial charge is 0.303 e. The number of rotatable bonds is 6. The Bertz CT molecular complexity index is 739. The zero-order valence-corrected chi connectivity index (χ0v) is 11.5. The lowest BCUT2D eigenvalue weighted by molar-refractivity contribution is -0.137. The molecule has 112 valence electrons. The summed E-state index contributed by atoms with van der Waals surface area (Å²) >= 11 is 0. The van der Waals surface area contributed by atoms with Crippen LogP contribution in [0.25, 0.3) is 0 Å². The molecule has 0 amide bonds. The van der Waals surface area contributed by atoms with Crippen molar-refractivity contribution in [3.05, 3.63) is 41.8 Å². The van der Waals surface area contributed by atoms with Crippen molar-refractivity contribution in [1.82, 2.24) is 10.1 Å². The van der Waals surface area contributed by atoms with Gasteiger partial charge in [0.25, 0.3) is 0 Å². The number of hydrogen-bond acceptors (Lipinski definition) is 6. The van der Waals surface area contributed by atoms with Gasteiger partial charge in [0.1, 0.15) is 11.6 Å². The number of nitrogens with zero attached hydrogens (tertiary/aromatic N) is 2. The predicted molar refractivity (Wildman–Crippen MR) is 67.5 cm³/mol. The topological polar surface area (TPSA) is 110 Å². The molecule has 1 aromatic carbocycles. The third kappa shape index (κ3) is 4.09. The van der Waals surface area contributed by atoms with Crippen LogP contribution in [0.15, 0.2) is 33.7 Å². The summed E-state index contributed by atoms with van der Waals surface area (Å²) in [6, 6.07) is 4.38. The minimum atomic E-state index is -3.72. The summed E-state index contributed by atoms with van der Waals surface area (Å²) in [7, 11) is -3.72. The molecule has 1 heterocycles. The Hall–Kier alpha value is -2.29. The van der Waals surface area contributed by atoms with Crippen molar-refractivity contribution in [3.8, 4) is 0 Å². The van der Waals surface area contributed by atoms with Gasteiger partial charge in [-0.15, -0.1) is 0 Å². The van der Waals surface area contributed by atoms with Gasteiger partial charge in [0.2, 0.25) is 5.89 Å². The van der Waals surface area contributed by atoms with E-state index in [1.54, 1.807) is 0 Å². The van der Waals surface area contributed by atoms with Crippen LogP contribution < -0.4 is 0 Å². The first-order chi connectivity index (χ1) is 9.87. The maximum atomic E-state index is 12.8. The summed E-state index contributed by atoms with van der Waals surface area (Å²) in [5.41, 5.74) is 0. The highest BCUT2D eigenvalue weighted by Crippen LogP contribution is 2.15. The Morgan fingerprint density at radius 2 is 1.95 bits per heavy atom. The third-order valence-corrected chi connectivity index (χ3v) is 4.18. The number of carboxylic acid groups (broad SMARTS) is 1. The molecule has 0 bridgehead atoms. The van der Waals surface area contributed by atoms with Crippen LogP contribution in [0.4, 0.5) is 4.39 Å². The Kier molecular flexibility index (Phi) is 4.32. The van der Waals surface area contributed by atoms with Crippen molar-refractivity contribution in [2.45, 2.75) is 23.5 Å². The highest BCUT2D eigenvalue weighted by molar-refractivity contribution is 7.90. The van der Waals surface area contributed by atoms with E-state index in [-0.39, 0.29) is 29.5 Å². The molecule has 0 aliphatic heterocycles. The molecule has 21 heavy (non-hydrogen) atoms. The number of halogens is 1. The van der Waals surface area contributed by atoms with Crippen LogP contribution in [-0.2, 0) is 26.8 Å². The minimum absolute atomic E-state index is 0.0267. The van der Waals surface area contributed by atoms with Crippen LogP contribution in [0, 0.1) is 5.82 Å². The van der Waals surface area contributed by atoms with Crippen molar-refractivity contribution in [3.63, 3.8) is 0 Å². The molecule has 0 unspecified atom stereocenters. The number of aryl methyl sites for hydroxylation is 1. The van der Waals surface area contributed by atoms with Crippen molar-refractivity contribution in [2.24, 2.45) is 0 Å². The summed E-state index contributed by atoms with van der Waals surface area (Å²) in [6.45, 7) is 0. The summed E-state index contributed by atoms with van der Waals surface area (Å²) in [5, 5.41) is 12.0. The first-order valence-corrected chi connectivity index (χ1v) is 7.53. The van der Waals surface area contributed by atoms with Crippen molar-refractivity contribution in [1.29, 1.82) is 0 Å². The molecule has 7 nitrogen and oxygen atoms in total. The molecule has 0 saturated heterocycles. The van der Waals surface area contributed by atoms with E-state index >= 15 is 0 Å². The average Bonchev–Trinajstić information content (AvgIpc) is 2.84.